The van der Waals surface area contributed by atoms with Crippen LogP contribution in [-0.4, -0.2) is 37.4 Å². The first-order chi connectivity index (χ1) is 6.45. The Labute approximate surface area is 79.1 Å². The lowest BCUT2D eigenvalue weighted by Gasteiger charge is -2.25. The minimum atomic E-state index is -4.28. The van der Waals surface area contributed by atoms with E-state index in [-0.39, 0.29) is 19.5 Å². The number of amides is 1. The predicted octanol–water partition coefficient (Wildman–Crippen LogP) is 1.95. The highest BCUT2D eigenvalue weighted by Gasteiger charge is 2.35. The van der Waals surface area contributed by atoms with Gasteiger partial charge in [-0.25, -0.2) is 4.79 Å². The van der Waals surface area contributed by atoms with E-state index < -0.39 is 17.8 Å². The molecule has 0 atom stereocenters. The molecule has 0 aromatic heterocycles. The largest absolute Gasteiger partial charge is 0.453 e. The molecular formula is C8H10F3NO2. The molecule has 6 heteroatoms. The van der Waals surface area contributed by atoms with Crippen molar-refractivity contribution in [3.05, 3.63) is 11.6 Å². The summed E-state index contributed by atoms with van der Waals surface area (Å²) in [6, 6.07) is 0. The summed E-state index contributed by atoms with van der Waals surface area (Å²) in [5, 5.41) is 0. The number of halogens is 3. The first kappa shape index (κ1) is 10.9. The van der Waals surface area contributed by atoms with Crippen molar-refractivity contribution in [1.29, 1.82) is 0 Å². The fourth-order valence-electron chi connectivity index (χ4n) is 1.22. The standard InChI is InChI=1S/C8H10F3NO2/c1-14-7(13)12-4-2-6(3-5-12)8(9,10)11/h2H,3-5H2,1H3. The van der Waals surface area contributed by atoms with Gasteiger partial charge in [0, 0.05) is 18.7 Å². The van der Waals surface area contributed by atoms with E-state index in [4.69, 9.17) is 0 Å². The maximum absolute atomic E-state index is 12.1. The Morgan fingerprint density at radius 2 is 2.21 bits per heavy atom. The minimum Gasteiger partial charge on any atom is -0.453 e. The smallest absolute Gasteiger partial charge is 0.412 e. The summed E-state index contributed by atoms with van der Waals surface area (Å²) in [6.45, 7) is 0.0134. The Morgan fingerprint density at radius 1 is 1.57 bits per heavy atom. The molecule has 1 aliphatic rings. The second-order valence-electron chi connectivity index (χ2n) is 2.89. The van der Waals surface area contributed by atoms with Crippen LogP contribution in [-0.2, 0) is 4.74 Å². The number of hydrogen-bond donors (Lipinski definition) is 0. The van der Waals surface area contributed by atoms with Crippen LogP contribution in [0, 0.1) is 0 Å². The molecule has 0 fully saturated rings. The third kappa shape index (κ3) is 2.40. The van der Waals surface area contributed by atoms with Crippen LogP contribution in [0.3, 0.4) is 0 Å². The molecule has 14 heavy (non-hydrogen) atoms. The molecule has 3 nitrogen and oxygen atoms in total. The summed E-state index contributed by atoms with van der Waals surface area (Å²) in [6.07, 6.45) is -4.02. The van der Waals surface area contributed by atoms with Gasteiger partial charge >= 0.3 is 12.3 Å². The predicted molar refractivity (Wildman–Crippen MR) is 42.7 cm³/mol. The van der Waals surface area contributed by atoms with Crippen LogP contribution in [0.5, 0.6) is 0 Å². The van der Waals surface area contributed by atoms with Crippen LogP contribution < -0.4 is 0 Å². The molecule has 0 radical (unpaired) electrons. The molecule has 1 rings (SSSR count). The first-order valence-corrected chi connectivity index (χ1v) is 4.04. The lowest BCUT2D eigenvalue weighted by molar-refractivity contribution is -0.0958. The van der Waals surface area contributed by atoms with Crippen LogP contribution in [0.2, 0.25) is 0 Å². The lowest BCUT2D eigenvalue weighted by atomic mass is 10.1. The molecule has 0 spiro atoms. The number of nitrogens with zero attached hydrogens (tertiary/aromatic N) is 1. The summed E-state index contributed by atoms with van der Waals surface area (Å²) in [7, 11) is 1.20. The summed E-state index contributed by atoms with van der Waals surface area (Å²) in [5.74, 6) is 0. The molecule has 0 aliphatic carbocycles. The highest BCUT2D eigenvalue weighted by Crippen LogP contribution is 2.30. The minimum absolute atomic E-state index is 0.0402. The van der Waals surface area contributed by atoms with E-state index in [0.717, 1.165) is 6.08 Å². The topological polar surface area (TPSA) is 29.5 Å². The van der Waals surface area contributed by atoms with Crippen LogP contribution >= 0.6 is 0 Å². The number of hydrogen-bond acceptors (Lipinski definition) is 2. The molecular weight excluding hydrogens is 199 g/mol. The summed E-state index contributed by atoms with van der Waals surface area (Å²) in [5.41, 5.74) is -0.572. The van der Waals surface area contributed by atoms with Gasteiger partial charge in [-0.3, -0.25) is 0 Å². The lowest BCUT2D eigenvalue weighted by Crippen LogP contribution is -2.36. The molecule has 1 amide bonds. The van der Waals surface area contributed by atoms with Crippen LogP contribution in [0.1, 0.15) is 6.42 Å². The highest BCUT2D eigenvalue weighted by molar-refractivity contribution is 5.67. The third-order valence-electron chi connectivity index (χ3n) is 2.01. The first-order valence-electron chi connectivity index (χ1n) is 4.04. The Morgan fingerprint density at radius 3 is 2.57 bits per heavy atom. The Kier molecular flexibility index (Phi) is 3.03. The van der Waals surface area contributed by atoms with Crippen molar-refractivity contribution in [1.82, 2.24) is 4.90 Å². The Bertz CT molecular complexity index is 260. The van der Waals surface area contributed by atoms with Crippen molar-refractivity contribution >= 4 is 6.09 Å². The van der Waals surface area contributed by atoms with Gasteiger partial charge in [0.05, 0.1) is 7.11 Å². The highest BCUT2D eigenvalue weighted by atomic mass is 19.4. The van der Waals surface area contributed by atoms with Gasteiger partial charge in [-0.05, 0) is 6.42 Å². The Balaban J connectivity index is 2.60. The number of rotatable bonds is 0. The average molecular weight is 209 g/mol. The number of alkyl halides is 3. The van der Waals surface area contributed by atoms with Crippen LogP contribution in [0.25, 0.3) is 0 Å². The normalized spacial score (nSPS) is 17.7. The summed E-state index contributed by atoms with van der Waals surface area (Å²) < 4.78 is 40.8. The van der Waals surface area contributed by atoms with Gasteiger partial charge in [0.2, 0.25) is 0 Å². The zero-order valence-electron chi connectivity index (χ0n) is 7.60. The molecule has 1 aliphatic heterocycles. The molecule has 0 saturated carbocycles. The zero-order chi connectivity index (χ0) is 10.8. The number of carbonyl (C=O) groups excluding carboxylic acids is 1. The number of methoxy groups -OCH3 is 1. The molecule has 0 unspecified atom stereocenters. The second-order valence-corrected chi connectivity index (χ2v) is 2.89. The van der Waals surface area contributed by atoms with Crippen molar-refractivity contribution in [3.63, 3.8) is 0 Å². The van der Waals surface area contributed by atoms with Crippen molar-refractivity contribution in [2.24, 2.45) is 0 Å². The van der Waals surface area contributed by atoms with E-state index in [9.17, 15) is 18.0 Å². The molecule has 80 valence electrons. The van der Waals surface area contributed by atoms with Gasteiger partial charge in [-0.2, -0.15) is 13.2 Å². The molecule has 0 aromatic rings. The van der Waals surface area contributed by atoms with E-state index in [1.54, 1.807) is 0 Å². The van der Waals surface area contributed by atoms with Crippen LogP contribution in [0.15, 0.2) is 11.6 Å². The van der Waals surface area contributed by atoms with Crippen LogP contribution in [0.4, 0.5) is 18.0 Å². The van der Waals surface area contributed by atoms with E-state index in [0.29, 0.717) is 0 Å². The zero-order valence-corrected chi connectivity index (χ0v) is 7.60. The third-order valence-corrected chi connectivity index (χ3v) is 2.01. The molecule has 1 heterocycles. The van der Waals surface area contributed by atoms with Gasteiger partial charge in [-0.15, -0.1) is 0 Å². The van der Waals surface area contributed by atoms with Gasteiger partial charge in [0.15, 0.2) is 0 Å². The fraction of sp³-hybridized carbons (Fsp3) is 0.625. The molecule has 0 bridgehead atoms. The maximum atomic E-state index is 12.1. The molecule has 0 aromatic carbocycles. The maximum Gasteiger partial charge on any atom is 0.412 e. The van der Waals surface area contributed by atoms with Crippen molar-refractivity contribution in [2.45, 2.75) is 12.6 Å². The summed E-state index contributed by atoms with van der Waals surface area (Å²) in [4.78, 5) is 12.1. The van der Waals surface area contributed by atoms with Gasteiger partial charge in [-0.1, -0.05) is 6.08 Å². The monoisotopic (exact) mass is 209 g/mol. The summed E-state index contributed by atoms with van der Waals surface area (Å²) >= 11 is 0. The van der Waals surface area contributed by atoms with Gasteiger partial charge in [0.1, 0.15) is 0 Å². The van der Waals surface area contributed by atoms with E-state index in [1.165, 1.54) is 12.0 Å². The van der Waals surface area contributed by atoms with Gasteiger partial charge < -0.3 is 9.64 Å². The SMILES string of the molecule is COC(=O)N1CC=C(C(F)(F)F)CC1. The molecule has 0 N–H and O–H groups in total. The van der Waals surface area contributed by atoms with Gasteiger partial charge in [0.25, 0.3) is 0 Å². The van der Waals surface area contributed by atoms with Crippen molar-refractivity contribution < 1.29 is 22.7 Å². The number of carbonyl (C=O) groups is 1. The molecule has 0 saturated heterocycles. The van der Waals surface area contributed by atoms with Crippen molar-refractivity contribution in [2.75, 3.05) is 20.2 Å². The second kappa shape index (κ2) is 3.89. The van der Waals surface area contributed by atoms with Crippen molar-refractivity contribution in [3.8, 4) is 0 Å². The van der Waals surface area contributed by atoms with E-state index >= 15 is 0 Å². The van der Waals surface area contributed by atoms with E-state index in [1.807, 2.05) is 0 Å². The number of ether oxygens (including phenoxy) is 1. The fourth-order valence-corrected chi connectivity index (χ4v) is 1.22. The van der Waals surface area contributed by atoms with E-state index in [2.05, 4.69) is 4.74 Å². The quantitative estimate of drug-likeness (QED) is 0.570. The Hall–Kier alpha value is -1.20. The average Bonchev–Trinajstić information content (AvgIpc) is 2.15.